The van der Waals surface area contributed by atoms with Gasteiger partial charge in [0.05, 0.1) is 12.3 Å². The molecule has 90 valence electrons. The molecule has 0 aliphatic rings. The number of halogens is 1. The van der Waals surface area contributed by atoms with Gasteiger partial charge >= 0.3 is 0 Å². The van der Waals surface area contributed by atoms with E-state index < -0.39 is 6.04 Å². The van der Waals surface area contributed by atoms with Crippen LogP contribution >= 0.6 is 0 Å². The van der Waals surface area contributed by atoms with Gasteiger partial charge in [-0.15, -0.1) is 0 Å². The molecule has 2 rings (SSSR count). The summed E-state index contributed by atoms with van der Waals surface area (Å²) in [6, 6.07) is 4.76. The molecule has 0 aliphatic heterocycles. The molecule has 2 aromatic rings. The molecule has 1 atom stereocenters. The van der Waals surface area contributed by atoms with Gasteiger partial charge in [0.25, 0.3) is 0 Å². The first-order valence-electron chi connectivity index (χ1n) is 5.57. The molecule has 0 saturated carbocycles. The highest BCUT2D eigenvalue weighted by Gasteiger charge is 2.19. The molecule has 0 radical (unpaired) electrons. The fourth-order valence-electron chi connectivity index (χ4n) is 2.19. The summed E-state index contributed by atoms with van der Waals surface area (Å²) in [6.45, 7) is 5.58. The van der Waals surface area contributed by atoms with Crippen molar-refractivity contribution in [3.05, 3.63) is 58.3 Å². The minimum absolute atomic E-state index is 0.254. The third kappa shape index (κ3) is 2.11. The van der Waals surface area contributed by atoms with E-state index >= 15 is 0 Å². The van der Waals surface area contributed by atoms with Crippen molar-refractivity contribution in [3.8, 4) is 0 Å². The van der Waals surface area contributed by atoms with Gasteiger partial charge in [-0.05, 0) is 44.0 Å². The fourth-order valence-corrected chi connectivity index (χ4v) is 2.19. The van der Waals surface area contributed by atoms with Crippen molar-refractivity contribution >= 4 is 0 Å². The van der Waals surface area contributed by atoms with Gasteiger partial charge in [0.15, 0.2) is 0 Å². The molecule has 1 heterocycles. The summed E-state index contributed by atoms with van der Waals surface area (Å²) in [6.07, 6.45) is 1.58. The van der Waals surface area contributed by atoms with E-state index in [-0.39, 0.29) is 5.82 Å². The second kappa shape index (κ2) is 4.34. The van der Waals surface area contributed by atoms with Crippen LogP contribution in [0.15, 0.2) is 28.9 Å². The normalized spacial score (nSPS) is 12.8. The Kier molecular flexibility index (Phi) is 3.03. The summed E-state index contributed by atoms with van der Waals surface area (Å²) >= 11 is 0. The van der Waals surface area contributed by atoms with Crippen LogP contribution in [0.2, 0.25) is 0 Å². The predicted molar refractivity (Wildman–Crippen MR) is 65.3 cm³/mol. The molecule has 2 N–H and O–H groups in total. The molecule has 0 aliphatic carbocycles. The fraction of sp³-hybridized carbons (Fsp3) is 0.286. The molecule has 0 saturated heterocycles. The minimum Gasteiger partial charge on any atom is -0.469 e. The standard InChI is InChI=1S/C14H16FNO/c1-8-6-9(2)13(12(15)7-8)14(16)11-4-5-17-10(11)3/h4-7,14H,16H2,1-3H3. The van der Waals surface area contributed by atoms with E-state index in [9.17, 15) is 4.39 Å². The highest BCUT2D eigenvalue weighted by molar-refractivity contribution is 5.40. The Hall–Kier alpha value is -1.61. The molecule has 1 aromatic carbocycles. The van der Waals surface area contributed by atoms with Crippen LogP contribution < -0.4 is 5.73 Å². The van der Waals surface area contributed by atoms with Crippen LogP contribution in [0.4, 0.5) is 4.39 Å². The number of rotatable bonds is 2. The summed E-state index contributed by atoms with van der Waals surface area (Å²) in [5.41, 5.74) is 9.26. The molecule has 0 bridgehead atoms. The lowest BCUT2D eigenvalue weighted by Crippen LogP contribution is -2.15. The van der Waals surface area contributed by atoms with Crippen LogP contribution in [-0.2, 0) is 0 Å². The molecular weight excluding hydrogens is 217 g/mol. The minimum atomic E-state index is -0.477. The summed E-state index contributed by atoms with van der Waals surface area (Å²) in [4.78, 5) is 0. The number of hydrogen-bond donors (Lipinski definition) is 1. The topological polar surface area (TPSA) is 39.2 Å². The third-order valence-corrected chi connectivity index (χ3v) is 3.03. The average molecular weight is 233 g/mol. The van der Waals surface area contributed by atoms with Crippen molar-refractivity contribution in [1.82, 2.24) is 0 Å². The van der Waals surface area contributed by atoms with Gasteiger partial charge in [-0.1, -0.05) is 6.07 Å². The first-order chi connectivity index (χ1) is 8.00. The smallest absolute Gasteiger partial charge is 0.128 e. The van der Waals surface area contributed by atoms with Crippen molar-refractivity contribution in [2.45, 2.75) is 26.8 Å². The monoisotopic (exact) mass is 233 g/mol. The maximum Gasteiger partial charge on any atom is 0.128 e. The van der Waals surface area contributed by atoms with Crippen molar-refractivity contribution in [1.29, 1.82) is 0 Å². The zero-order chi connectivity index (χ0) is 12.6. The Balaban J connectivity index is 2.51. The second-order valence-corrected chi connectivity index (χ2v) is 4.39. The van der Waals surface area contributed by atoms with E-state index in [2.05, 4.69) is 0 Å². The molecule has 0 amide bonds. The SMILES string of the molecule is Cc1cc(C)c(C(N)c2ccoc2C)c(F)c1. The quantitative estimate of drug-likeness (QED) is 0.863. The average Bonchev–Trinajstić information content (AvgIpc) is 2.62. The van der Waals surface area contributed by atoms with E-state index in [0.717, 1.165) is 22.5 Å². The lowest BCUT2D eigenvalue weighted by molar-refractivity contribution is 0.525. The van der Waals surface area contributed by atoms with Gasteiger partial charge in [-0.25, -0.2) is 4.39 Å². The zero-order valence-corrected chi connectivity index (χ0v) is 10.3. The highest BCUT2D eigenvalue weighted by atomic mass is 19.1. The highest BCUT2D eigenvalue weighted by Crippen LogP contribution is 2.28. The number of hydrogen-bond acceptors (Lipinski definition) is 2. The summed E-state index contributed by atoms with van der Waals surface area (Å²) in [7, 11) is 0. The third-order valence-electron chi connectivity index (χ3n) is 3.03. The van der Waals surface area contributed by atoms with E-state index in [1.807, 2.05) is 26.8 Å². The van der Waals surface area contributed by atoms with Crippen molar-refractivity contribution in [2.24, 2.45) is 5.73 Å². The van der Waals surface area contributed by atoms with Gasteiger partial charge in [-0.3, -0.25) is 0 Å². The van der Waals surface area contributed by atoms with Crippen LogP contribution in [0.25, 0.3) is 0 Å². The largest absolute Gasteiger partial charge is 0.469 e. The van der Waals surface area contributed by atoms with Crippen LogP contribution in [0, 0.1) is 26.6 Å². The molecule has 1 unspecified atom stereocenters. The molecule has 1 aromatic heterocycles. The Morgan fingerprint density at radius 1 is 1.24 bits per heavy atom. The predicted octanol–water partition coefficient (Wildman–Crippen LogP) is 3.39. The molecule has 0 spiro atoms. The number of furan rings is 1. The Morgan fingerprint density at radius 3 is 2.47 bits per heavy atom. The second-order valence-electron chi connectivity index (χ2n) is 4.39. The first kappa shape index (κ1) is 11.9. The Labute approximate surface area is 100 Å². The maximum absolute atomic E-state index is 14.0. The van der Waals surface area contributed by atoms with Crippen molar-refractivity contribution in [2.75, 3.05) is 0 Å². The van der Waals surface area contributed by atoms with Gasteiger partial charge in [0.2, 0.25) is 0 Å². The van der Waals surface area contributed by atoms with E-state index in [1.165, 1.54) is 6.07 Å². The summed E-state index contributed by atoms with van der Waals surface area (Å²) in [5.74, 6) is 0.479. The number of nitrogens with two attached hydrogens (primary N) is 1. The van der Waals surface area contributed by atoms with Crippen LogP contribution in [0.5, 0.6) is 0 Å². The summed E-state index contributed by atoms with van der Waals surface area (Å²) in [5, 5.41) is 0. The van der Waals surface area contributed by atoms with Gasteiger partial charge in [0.1, 0.15) is 11.6 Å². The van der Waals surface area contributed by atoms with Gasteiger partial charge in [0, 0.05) is 11.1 Å². The van der Waals surface area contributed by atoms with Crippen molar-refractivity contribution < 1.29 is 8.81 Å². The van der Waals surface area contributed by atoms with E-state index in [1.54, 1.807) is 12.3 Å². The van der Waals surface area contributed by atoms with Crippen LogP contribution in [0.3, 0.4) is 0 Å². The van der Waals surface area contributed by atoms with Crippen LogP contribution in [-0.4, -0.2) is 0 Å². The summed E-state index contributed by atoms with van der Waals surface area (Å²) < 4.78 is 19.2. The molecule has 0 fully saturated rings. The van der Waals surface area contributed by atoms with Gasteiger partial charge in [-0.2, -0.15) is 0 Å². The lowest BCUT2D eigenvalue weighted by Gasteiger charge is -2.16. The van der Waals surface area contributed by atoms with E-state index in [4.69, 9.17) is 10.2 Å². The first-order valence-corrected chi connectivity index (χ1v) is 5.57. The molecule has 17 heavy (non-hydrogen) atoms. The Morgan fingerprint density at radius 2 is 1.94 bits per heavy atom. The van der Waals surface area contributed by atoms with Crippen LogP contribution in [0.1, 0.15) is 34.1 Å². The molecule has 2 nitrogen and oxygen atoms in total. The maximum atomic E-state index is 14.0. The zero-order valence-electron chi connectivity index (χ0n) is 10.3. The van der Waals surface area contributed by atoms with E-state index in [0.29, 0.717) is 5.56 Å². The van der Waals surface area contributed by atoms with Crippen molar-refractivity contribution in [3.63, 3.8) is 0 Å². The number of aryl methyl sites for hydroxylation is 3. The lowest BCUT2D eigenvalue weighted by atomic mass is 9.94. The van der Waals surface area contributed by atoms with Gasteiger partial charge < -0.3 is 10.2 Å². The number of benzene rings is 1. The molecule has 3 heteroatoms. The molecular formula is C14H16FNO. The Bertz CT molecular complexity index is 522.